The fourth-order valence-electron chi connectivity index (χ4n) is 1.92. The molecule has 0 amide bonds. The average molecular weight is 304 g/mol. The predicted molar refractivity (Wildman–Crippen MR) is 76.7 cm³/mol. The molecule has 0 N–H and O–H groups in total. The summed E-state index contributed by atoms with van der Waals surface area (Å²) in [4.78, 5) is 27.6. The molecular weight excluding hydrogens is 288 g/mol. The zero-order valence-electron chi connectivity index (χ0n) is 12.4. The van der Waals surface area contributed by atoms with E-state index in [9.17, 15) is 14.8 Å². The number of hydrogen-bond donors (Lipinski definition) is 0. The maximum absolute atomic E-state index is 12.4. The van der Waals surface area contributed by atoms with Crippen LogP contribution in [0.4, 0.5) is 0 Å². The number of nitrogens with zero attached hydrogens (tertiary/aromatic N) is 2. The van der Waals surface area contributed by atoms with Gasteiger partial charge in [-0.15, -0.1) is 0 Å². The summed E-state index contributed by atoms with van der Waals surface area (Å²) in [5.41, 5.74) is 0.475. The summed E-state index contributed by atoms with van der Waals surface area (Å²) >= 11 is 0. The van der Waals surface area contributed by atoms with Gasteiger partial charge in [-0.05, 0) is 13.0 Å². The van der Waals surface area contributed by atoms with E-state index in [0.29, 0.717) is 10.2 Å². The number of para-hydroxylation sites is 2. The molecule has 22 heavy (non-hydrogen) atoms. The molecule has 0 radical (unpaired) electrons. The smallest absolute Gasteiger partial charge is 0.407 e. The molecule has 0 aliphatic heterocycles. The van der Waals surface area contributed by atoms with E-state index >= 15 is 0 Å². The quantitative estimate of drug-likeness (QED) is 0.472. The lowest BCUT2D eigenvalue weighted by molar-refractivity contribution is -0.581. The molecule has 1 aromatic heterocycles. The first-order chi connectivity index (χ1) is 10.6. The van der Waals surface area contributed by atoms with Crippen molar-refractivity contribution < 1.29 is 23.8 Å². The molecule has 2 rings (SSSR count). The van der Waals surface area contributed by atoms with Crippen molar-refractivity contribution in [2.75, 3.05) is 6.61 Å². The number of rotatable bonds is 5. The lowest BCUT2D eigenvalue weighted by Gasteiger charge is -2.11. The molecule has 0 bridgehead atoms. The SMILES string of the molecule is CCOC(=O)c1c(COC(=O)CC)nc2ccccc2[n+]1[O-]. The second kappa shape index (κ2) is 6.84. The van der Waals surface area contributed by atoms with Crippen LogP contribution in [-0.2, 0) is 20.9 Å². The lowest BCUT2D eigenvalue weighted by atomic mass is 10.2. The Labute approximate surface area is 127 Å². The highest BCUT2D eigenvalue weighted by atomic mass is 16.5. The van der Waals surface area contributed by atoms with E-state index in [1.807, 2.05) is 0 Å². The monoisotopic (exact) mass is 304 g/mol. The molecule has 7 heteroatoms. The molecule has 1 heterocycles. The minimum absolute atomic E-state index is 0.0777. The number of benzene rings is 1. The topological polar surface area (TPSA) is 92.4 Å². The molecular formula is C15H16N2O5. The van der Waals surface area contributed by atoms with Crippen molar-refractivity contribution in [2.45, 2.75) is 26.9 Å². The van der Waals surface area contributed by atoms with Crippen molar-refractivity contribution in [1.29, 1.82) is 0 Å². The van der Waals surface area contributed by atoms with Crippen LogP contribution in [0.1, 0.15) is 36.5 Å². The number of carbonyl (C=O) groups is 2. The molecule has 0 fully saturated rings. The van der Waals surface area contributed by atoms with Gasteiger partial charge in [-0.1, -0.05) is 19.1 Å². The van der Waals surface area contributed by atoms with Crippen LogP contribution < -0.4 is 4.73 Å². The number of esters is 2. The minimum Gasteiger partial charge on any atom is -0.618 e. The Balaban J connectivity index is 2.52. The highest BCUT2D eigenvalue weighted by molar-refractivity contribution is 5.88. The van der Waals surface area contributed by atoms with Crippen LogP contribution >= 0.6 is 0 Å². The normalized spacial score (nSPS) is 10.5. The van der Waals surface area contributed by atoms with E-state index in [1.54, 1.807) is 38.1 Å². The summed E-state index contributed by atoms with van der Waals surface area (Å²) in [6, 6.07) is 6.59. The summed E-state index contributed by atoms with van der Waals surface area (Å²) < 4.78 is 10.3. The molecule has 7 nitrogen and oxygen atoms in total. The Bertz CT molecular complexity index is 714. The van der Waals surface area contributed by atoms with Gasteiger partial charge < -0.3 is 14.7 Å². The van der Waals surface area contributed by atoms with Gasteiger partial charge in [0, 0.05) is 12.5 Å². The fraction of sp³-hybridized carbons (Fsp3) is 0.333. The van der Waals surface area contributed by atoms with Gasteiger partial charge in [0.15, 0.2) is 5.69 Å². The van der Waals surface area contributed by atoms with E-state index in [2.05, 4.69) is 4.98 Å². The molecule has 0 spiro atoms. The third-order valence-corrected chi connectivity index (χ3v) is 2.96. The summed E-state index contributed by atoms with van der Waals surface area (Å²) in [5.74, 6) is -1.24. The standard InChI is InChI=1S/C15H16N2O5/c1-3-13(18)22-9-11-14(15(19)21-4-2)17(20)12-8-6-5-7-10(12)16-11/h5-8H,3-4,9H2,1-2H3. The zero-order valence-corrected chi connectivity index (χ0v) is 12.4. The molecule has 1 aromatic carbocycles. The molecule has 0 saturated carbocycles. The molecule has 0 unspecified atom stereocenters. The molecule has 0 atom stereocenters. The molecule has 116 valence electrons. The Morgan fingerprint density at radius 1 is 1.23 bits per heavy atom. The Morgan fingerprint density at radius 2 is 1.95 bits per heavy atom. The van der Waals surface area contributed by atoms with Crippen molar-refractivity contribution in [3.8, 4) is 0 Å². The number of ether oxygens (including phenoxy) is 2. The van der Waals surface area contributed by atoms with Crippen LogP contribution in [0.25, 0.3) is 11.0 Å². The first-order valence-corrected chi connectivity index (χ1v) is 6.92. The Kier molecular flexibility index (Phi) is 4.88. The van der Waals surface area contributed by atoms with Crippen LogP contribution in [-0.4, -0.2) is 23.5 Å². The van der Waals surface area contributed by atoms with Gasteiger partial charge in [0.2, 0.25) is 5.52 Å². The number of fused-ring (bicyclic) bond motifs is 1. The zero-order chi connectivity index (χ0) is 16.1. The van der Waals surface area contributed by atoms with Crippen LogP contribution in [0, 0.1) is 5.21 Å². The van der Waals surface area contributed by atoms with Crippen LogP contribution in [0.15, 0.2) is 24.3 Å². The van der Waals surface area contributed by atoms with E-state index < -0.39 is 11.9 Å². The predicted octanol–water partition coefficient (Wildman–Crippen LogP) is 1.50. The van der Waals surface area contributed by atoms with E-state index in [0.717, 1.165) is 0 Å². The maximum atomic E-state index is 12.4. The van der Waals surface area contributed by atoms with Gasteiger partial charge in [-0.3, -0.25) is 4.79 Å². The average Bonchev–Trinajstić information content (AvgIpc) is 2.52. The van der Waals surface area contributed by atoms with Crippen molar-refractivity contribution >= 4 is 23.0 Å². The fourth-order valence-corrected chi connectivity index (χ4v) is 1.92. The van der Waals surface area contributed by atoms with Gasteiger partial charge in [0.05, 0.1) is 6.61 Å². The van der Waals surface area contributed by atoms with Gasteiger partial charge in [-0.25, -0.2) is 9.78 Å². The maximum Gasteiger partial charge on any atom is 0.407 e. The van der Waals surface area contributed by atoms with Gasteiger partial charge >= 0.3 is 17.6 Å². The van der Waals surface area contributed by atoms with Crippen molar-refractivity contribution in [2.24, 2.45) is 0 Å². The second-order valence-electron chi connectivity index (χ2n) is 4.42. The van der Waals surface area contributed by atoms with Gasteiger partial charge in [0.1, 0.15) is 12.1 Å². The highest BCUT2D eigenvalue weighted by Crippen LogP contribution is 2.13. The highest BCUT2D eigenvalue weighted by Gasteiger charge is 2.28. The number of carbonyl (C=O) groups excluding carboxylic acids is 2. The van der Waals surface area contributed by atoms with E-state index in [1.165, 1.54) is 0 Å². The Hall–Kier alpha value is -2.70. The lowest BCUT2D eigenvalue weighted by Crippen LogP contribution is -2.39. The Morgan fingerprint density at radius 3 is 2.64 bits per heavy atom. The van der Waals surface area contributed by atoms with E-state index in [-0.39, 0.29) is 36.5 Å². The minimum atomic E-state index is -0.793. The molecule has 0 saturated heterocycles. The van der Waals surface area contributed by atoms with Crippen molar-refractivity contribution in [1.82, 2.24) is 4.98 Å². The molecule has 2 aromatic rings. The number of aromatic nitrogens is 2. The summed E-state index contributed by atoms with van der Waals surface area (Å²) in [7, 11) is 0. The number of hydrogen-bond acceptors (Lipinski definition) is 6. The van der Waals surface area contributed by atoms with Crippen LogP contribution in [0.2, 0.25) is 0 Å². The first-order valence-electron chi connectivity index (χ1n) is 6.92. The van der Waals surface area contributed by atoms with Crippen LogP contribution in [0.3, 0.4) is 0 Å². The van der Waals surface area contributed by atoms with Crippen molar-refractivity contribution in [3.05, 3.63) is 40.9 Å². The molecule has 0 aliphatic rings. The second-order valence-corrected chi connectivity index (χ2v) is 4.42. The van der Waals surface area contributed by atoms with Gasteiger partial charge in [-0.2, -0.15) is 4.73 Å². The van der Waals surface area contributed by atoms with Crippen LogP contribution in [0.5, 0.6) is 0 Å². The van der Waals surface area contributed by atoms with Gasteiger partial charge in [0.25, 0.3) is 0 Å². The third-order valence-electron chi connectivity index (χ3n) is 2.96. The third kappa shape index (κ3) is 3.13. The largest absolute Gasteiger partial charge is 0.618 e. The molecule has 0 aliphatic carbocycles. The van der Waals surface area contributed by atoms with E-state index in [4.69, 9.17) is 9.47 Å². The summed E-state index contributed by atoms with van der Waals surface area (Å²) in [5, 5.41) is 12.4. The summed E-state index contributed by atoms with van der Waals surface area (Å²) in [6.07, 6.45) is 0.194. The van der Waals surface area contributed by atoms with Crippen molar-refractivity contribution in [3.63, 3.8) is 0 Å². The first kappa shape index (κ1) is 15.7. The summed E-state index contributed by atoms with van der Waals surface area (Å²) in [6.45, 7) is 3.15.